The molecule has 1 heterocycles. The Morgan fingerprint density at radius 1 is 0.971 bits per heavy atom. The molecule has 0 unspecified atom stereocenters. The Morgan fingerprint density at radius 2 is 1.56 bits per heavy atom. The van der Waals surface area contributed by atoms with Crippen molar-refractivity contribution < 1.29 is 26.3 Å². The summed E-state index contributed by atoms with van der Waals surface area (Å²) in [6.07, 6.45) is 2.30. The van der Waals surface area contributed by atoms with Gasteiger partial charge in [0.2, 0.25) is 0 Å². The molecule has 0 bridgehead atoms. The van der Waals surface area contributed by atoms with Crippen LogP contribution in [0.15, 0.2) is 81.9 Å². The fourth-order valence-corrected chi connectivity index (χ4v) is 5.24. The van der Waals surface area contributed by atoms with Crippen LogP contribution in [-0.2, 0) is 16.6 Å². The maximum absolute atomic E-state index is 13.4. The maximum atomic E-state index is 13.4. The van der Waals surface area contributed by atoms with E-state index >= 15 is 0 Å². The molecule has 1 aromatic heterocycles. The summed E-state index contributed by atoms with van der Waals surface area (Å²) >= 11 is 6.94. The third-order valence-electron chi connectivity index (χ3n) is 5.18. The van der Waals surface area contributed by atoms with Gasteiger partial charge in [0.05, 0.1) is 12.8 Å². The first-order chi connectivity index (χ1) is 16.0. The first-order valence-corrected chi connectivity index (χ1v) is 12.8. The summed E-state index contributed by atoms with van der Waals surface area (Å²) in [5, 5.41) is 1.90. The number of nitrogens with zero attached hydrogens (tertiary/aromatic N) is 2. The molecule has 0 saturated heterocycles. The van der Waals surface area contributed by atoms with Crippen molar-refractivity contribution in [1.82, 2.24) is 4.57 Å². The topological polar surface area (TPSA) is 51.5 Å². The van der Waals surface area contributed by atoms with Gasteiger partial charge >= 0.3 is 15.5 Å². The average molecular weight is 618 g/mol. The van der Waals surface area contributed by atoms with Gasteiger partial charge in [0.1, 0.15) is 5.75 Å². The van der Waals surface area contributed by atoms with E-state index in [1.807, 2.05) is 41.0 Å². The quantitative estimate of drug-likeness (QED) is 0.230. The number of methoxy groups -OCH3 is 1. The van der Waals surface area contributed by atoms with E-state index in [0.717, 1.165) is 37.0 Å². The molecular weight excluding hydrogens is 601 g/mol. The summed E-state index contributed by atoms with van der Waals surface area (Å²) in [5.74, 6) is 0.229. The van der Waals surface area contributed by atoms with Crippen molar-refractivity contribution in [3.05, 3.63) is 81.9 Å². The van der Waals surface area contributed by atoms with E-state index < -0.39 is 15.5 Å². The van der Waals surface area contributed by atoms with Crippen LogP contribution in [0.1, 0.15) is 0 Å². The molecule has 0 aliphatic rings. The first kappa shape index (κ1) is 24.6. The maximum Gasteiger partial charge on any atom is 0.517 e. The van der Waals surface area contributed by atoms with Gasteiger partial charge in [-0.05, 0) is 54.6 Å². The van der Waals surface area contributed by atoms with Crippen LogP contribution in [0.3, 0.4) is 0 Å². The number of ether oxygens (including phenoxy) is 1. The van der Waals surface area contributed by atoms with Gasteiger partial charge in [-0.15, -0.1) is 0 Å². The molecule has 0 saturated carbocycles. The van der Waals surface area contributed by atoms with Crippen molar-refractivity contribution in [3.63, 3.8) is 0 Å². The van der Waals surface area contributed by atoms with E-state index in [1.165, 1.54) is 37.5 Å². The van der Waals surface area contributed by atoms with Crippen molar-refractivity contribution in [2.45, 2.75) is 12.1 Å². The minimum atomic E-state index is -5.68. The van der Waals surface area contributed by atoms with E-state index in [9.17, 15) is 21.6 Å². The number of halogens is 5. The zero-order chi connectivity index (χ0) is 24.7. The van der Waals surface area contributed by atoms with Gasteiger partial charge < -0.3 is 9.30 Å². The number of hydrogen-bond donors (Lipinski definition) is 0. The molecule has 4 aromatic rings. The number of fused-ring (bicyclic) bond motifs is 3. The summed E-state index contributed by atoms with van der Waals surface area (Å²) in [4.78, 5) is 0. The molecule has 0 spiro atoms. The number of allylic oxidation sites excluding steroid dienone is 1. The zero-order valence-corrected chi connectivity index (χ0v) is 21.5. The highest BCUT2D eigenvalue weighted by Gasteiger charge is 2.49. The van der Waals surface area contributed by atoms with Gasteiger partial charge in [-0.1, -0.05) is 37.9 Å². The number of benzene rings is 3. The van der Waals surface area contributed by atoms with Crippen LogP contribution in [0.4, 0.5) is 18.9 Å². The Kier molecular flexibility index (Phi) is 6.71. The minimum absolute atomic E-state index is 0.136. The Morgan fingerprint density at radius 3 is 2.09 bits per heavy atom. The first-order valence-electron chi connectivity index (χ1n) is 9.81. The molecule has 0 fully saturated rings. The number of anilines is 1. The highest BCUT2D eigenvalue weighted by molar-refractivity contribution is 9.10. The van der Waals surface area contributed by atoms with E-state index in [4.69, 9.17) is 4.74 Å². The van der Waals surface area contributed by atoms with Gasteiger partial charge in [-0.25, -0.2) is 4.31 Å². The lowest BCUT2D eigenvalue weighted by Crippen LogP contribution is -2.37. The van der Waals surface area contributed by atoms with Crippen molar-refractivity contribution >= 4 is 69.4 Å². The highest BCUT2D eigenvalue weighted by Crippen LogP contribution is 2.34. The molecule has 0 aliphatic heterocycles. The van der Waals surface area contributed by atoms with Gasteiger partial charge in [0, 0.05) is 49.6 Å². The predicted octanol–water partition coefficient (Wildman–Crippen LogP) is 7.20. The minimum Gasteiger partial charge on any atom is -0.497 e. The normalized spacial score (nSPS) is 12.6. The van der Waals surface area contributed by atoms with Crippen LogP contribution in [-0.4, -0.2) is 25.6 Å². The standard InChI is InChI=1S/C23H17Br2F3N2O3S/c1-33-18-5-2-4-17(14-18)30(34(31,32)23(26,27)28)11-3-10-29-21-8-6-15(24)12-19(21)20-13-16(25)7-9-22(20)29/h2-9,11-14H,10H2,1H3. The summed E-state index contributed by atoms with van der Waals surface area (Å²) in [6.45, 7) is 0.136. The van der Waals surface area contributed by atoms with Crippen molar-refractivity contribution in [1.29, 1.82) is 0 Å². The molecule has 0 radical (unpaired) electrons. The molecule has 0 amide bonds. The number of aromatic nitrogens is 1. The number of hydrogen-bond acceptors (Lipinski definition) is 3. The summed E-state index contributed by atoms with van der Waals surface area (Å²) in [5.41, 5.74) is -3.96. The average Bonchev–Trinajstić information content (AvgIpc) is 3.07. The van der Waals surface area contributed by atoms with Gasteiger partial charge in [0.15, 0.2) is 0 Å². The van der Waals surface area contributed by atoms with Crippen LogP contribution in [0.25, 0.3) is 21.8 Å². The van der Waals surface area contributed by atoms with E-state index in [0.29, 0.717) is 0 Å². The predicted molar refractivity (Wildman–Crippen MR) is 134 cm³/mol. The summed E-state index contributed by atoms with van der Waals surface area (Å²) in [6, 6.07) is 16.9. The second kappa shape index (κ2) is 9.27. The molecule has 0 aliphatic carbocycles. The fraction of sp³-hybridized carbons (Fsp3) is 0.130. The zero-order valence-electron chi connectivity index (χ0n) is 17.6. The lowest BCUT2D eigenvalue weighted by atomic mass is 10.2. The van der Waals surface area contributed by atoms with Crippen LogP contribution < -0.4 is 9.04 Å². The molecule has 3 aromatic carbocycles. The van der Waals surface area contributed by atoms with Gasteiger partial charge in [0.25, 0.3) is 0 Å². The Balaban J connectivity index is 1.80. The van der Waals surface area contributed by atoms with Crippen molar-refractivity contribution in [2.24, 2.45) is 0 Å². The van der Waals surface area contributed by atoms with Crippen LogP contribution >= 0.6 is 31.9 Å². The number of alkyl halides is 3. The lowest BCUT2D eigenvalue weighted by molar-refractivity contribution is -0.0436. The molecular formula is C23H17Br2F3N2O3S. The van der Waals surface area contributed by atoms with Gasteiger partial charge in [-0.3, -0.25) is 0 Å². The monoisotopic (exact) mass is 616 g/mol. The summed E-state index contributed by atoms with van der Waals surface area (Å²) < 4.78 is 73.9. The van der Waals surface area contributed by atoms with Gasteiger partial charge in [-0.2, -0.15) is 21.6 Å². The van der Waals surface area contributed by atoms with Crippen LogP contribution in [0, 0.1) is 0 Å². The molecule has 11 heteroatoms. The molecule has 34 heavy (non-hydrogen) atoms. The molecule has 5 nitrogen and oxygen atoms in total. The smallest absolute Gasteiger partial charge is 0.497 e. The third-order valence-corrected chi connectivity index (χ3v) is 7.60. The number of rotatable bonds is 6. The summed E-state index contributed by atoms with van der Waals surface area (Å²) in [7, 11) is -4.34. The molecule has 178 valence electrons. The largest absolute Gasteiger partial charge is 0.517 e. The van der Waals surface area contributed by atoms with Crippen molar-refractivity contribution in [2.75, 3.05) is 11.4 Å². The molecule has 0 N–H and O–H groups in total. The second-order valence-electron chi connectivity index (χ2n) is 7.27. The second-order valence-corrected chi connectivity index (χ2v) is 10.9. The Bertz CT molecular complexity index is 1460. The van der Waals surface area contributed by atoms with Crippen molar-refractivity contribution in [3.8, 4) is 5.75 Å². The lowest BCUT2D eigenvalue weighted by Gasteiger charge is -2.22. The van der Waals surface area contributed by atoms with Crippen LogP contribution in [0.5, 0.6) is 5.75 Å². The van der Waals surface area contributed by atoms with E-state index in [1.54, 1.807) is 0 Å². The molecule has 0 atom stereocenters. The van der Waals surface area contributed by atoms with Crippen LogP contribution in [0.2, 0.25) is 0 Å². The third kappa shape index (κ3) is 4.56. The fourth-order valence-electron chi connectivity index (χ4n) is 3.66. The molecule has 4 rings (SSSR count). The van der Waals surface area contributed by atoms with E-state index in [2.05, 4.69) is 31.9 Å². The van der Waals surface area contributed by atoms with E-state index in [-0.39, 0.29) is 22.3 Å². The SMILES string of the molecule is COc1cccc(N(C=CCn2c3ccc(Br)cc3c3cc(Br)ccc32)S(=O)(=O)C(F)(F)F)c1. The number of sulfonamides is 1. The Hall–Kier alpha value is -2.50. The highest BCUT2D eigenvalue weighted by atomic mass is 79.9. The Labute approximate surface area is 210 Å².